The van der Waals surface area contributed by atoms with Crippen LogP contribution < -0.4 is 10.0 Å². The Kier molecular flexibility index (Phi) is 4.18. The van der Waals surface area contributed by atoms with Crippen LogP contribution in [0.2, 0.25) is 0 Å². The number of hydrogen-bond acceptors (Lipinski definition) is 3. The fourth-order valence-corrected chi connectivity index (χ4v) is 3.70. The summed E-state index contributed by atoms with van der Waals surface area (Å²) >= 11 is 0. The third-order valence-electron chi connectivity index (χ3n) is 3.23. The van der Waals surface area contributed by atoms with Gasteiger partial charge in [-0.25, -0.2) is 12.8 Å². The molecule has 0 heterocycles. The van der Waals surface area contributed by atoms with Crippen molar-refractivity contribution in [1.29, 1.82) is 0 Å². The minimum Gasteiger partial charge on any atom is -0.396 e. The average molecular weight is 308 g/mol. The summed E-state index contributed by atoms with van der Waals surface area (Å²) in [7, 11) is -3.78. The molecule has 4 nitrogen and oxygen atoms in total. The van der Waals surface area contributed by atoms with E-state index in [0.717, 1.165) is 17.7 Å². The lowest BCUT2D eigenvalue weighted by Gasteiger charge is -2.24. The molecule has 0 amide bonds. The fraction of sp³-hybridized carbons (Fsp3) is 0.200. The summed E-state index contributed by atoms with van der Waals surface area (Å²) in [6.45, 7) is 3.86. The van der Waals surface area contributed by atoms with E-state index < -0.39 is 15.8 Å². The van der Waals surface area contributed by atoms with Crippen LogP contribution in [0.5, 0.6) is 0 Å². The topological polar surface area (TPSA) is 63.4 Å². The largest absolute Gasteiger partial charge is 0.396 e. The number of nitrogens with two attached hydrogens (primary N) is 1. The smallest absolute Gasteiger partial charge is 0.264 e. The van der Waals surface area contributed by atoms with Gasteiger partial charge in [0, 0.05) is 6.54 Å². The highest BCUT2D eigenvalue weighted by molar-refractivity contribution is 7.92. The highest BCUT2D eigenvalue weighted by Crippen LogP contribution is 2.27. The van der Waals surface area contributed by atoms with Gasteiger partial charge in [-0.15, -0.1) is 0 Å². The van der Waals surface area contributed by atoms with Crippen LogP contribution in [-0.4, -0.2) is 15.0 Å². The van der Waals surface area contributed by atoms with Crippen LogP contribution in [0.3, 0.4) is 0 Å². The third-order valence-corrected chi connectivity index (χ3v) is 5.11. The van der Waals surface area contributed by atoms with E-state index in [2.05, 4.69) is 0 Å². The van der Waals surface area contributed by atoms with Gasteiger partial charge in [0.05, 0.1) is 16.3 Å². The van der Waals surface area contributed by atoms with Crippen molar-refractivity contribution in [3.8, 4) is 0 Å². The lowest BCUT2D eigenvalue weighted by atomic mass is 10.2. The van der Waals surface area contributed by atoms with E-state index in [0.29, 0.717) is 5.69 Å². The Morgan fingerprint density at radius 3 is 2.43 bits per heavy atom. The molecule has 0 atom stereocenters. The normalized spacial score (nSPS) is 11.4. The summed E-state index contributed by atoms with van der Waals surface area (Å²) < 4.78 is 40.0. The average Bonchev–Trinajstić information content (AvgIpc) is 2.44. The SMILES string of the molecule is CCN(c1ccccc1C)S(=O)(=O)c1ccc(F)c(N)c1. The van der Waals surface area contributed by atoms with Gasteiger partial charge < -0.3 is 5.73 Å². The van der Waals surface area contributed by atoms with E-state index in [1.165, 1.54) is 10.4 Å². The quantitative estimate of drug-likeness (QED) is 0.883. The Morgan fingerprint density at radius 2 is 1.86 bits per heavy atom. The zero-order valence-corrected chi connectivity index (χ0v) is 12.7. The first kappa shape index (κ1) is 15.3. The van der Waals surface area contributed by atoms with E-state index in [4.69, 9.17) is 5.73 Å². The lowest BCUT2D eigenvalue weighted by Crippen LogP contribution is -2.31. The molecule has 6 heteroatoms. The first-order valence-corrected chi connectivity index (χ1v) is 7.95. The summed E-state index contributed by atoms with van der Waals surface area (Å²) in [5, 5.41) is 0. The molecule has 0 saturated carbocycles. The van der Waals surface area contributed by atoms with Gasteiger partial charge in [-0.05, 0) is 43.7 Å². The number of anilines is 2. The number of hydrogen-bond donors (Lipinski definition) is 1. The maximum Gasteiger partial charge on any atom is 0.264 e. The Hall–Kier alpha value is -2.08. The molecule has 112 valence electrons. The number of benzene rings is 2. The van der Waals surface area contributed by atoms with E-state index in [1.807, 2.05) is 19.1 Å². The number of rotatable bonds is 4. The van der Waals surface area contributed by atoms with Crippen molar-refractivity contribution in [2.45, 2.75) is 18.7 Å². The van der Waals surface area contributed by atoms with Crippen LogP contribution in [0.15, 0.2) is 47.4 Å². The molecule has 0 aliphatic rings. The standard InChI is InChI=1S/C15H17FN2O2S/c1-3-18(15-7-5-4-6-11(15)2)21(19,20)12-8-9-13(16)14(17)10-12/h4-10H,3,17H2,1-2H3. The van der Waals surface area contributed by atoms with Gasteiger partial charge in [0.25, 0.3) is 10.0 Å². The second-order valence-corrected chi connectivity index (χ2v) is 6.50. The molecule has 2 N–H and O–H groups in total. The van der Waals surface area contributed by atoms with Gasteiger partial charge in [0.1, 0.15) is 5.82 Å². The van der Waals surface area contributed by atoms with Crippen LogP contribution in [-0.2, 0) is 10.0 Å². The minimum absolute atomic E-state index is 0.0218. The Bertz CT molecular complexity index is 760. The molecule has 2 aromatic rings. The van der Waals surface area contributed by atoms with Gasteiger partial charge in [0.15, 0.2) is 0 Å². The van der Waals surface area contributed by atoms with Crippen molar-refractivity contribution >= 4 is 21.4 Å². The number of sulfonamides is 1. The van der Waals surface area contributed by atoms with Crippen molar-refractivity contribution < 1.29 is 12.8 Å². The van der Waals surface area contributed by atoms with Gasteiger partial charge >= 0.3 is 0 Å². The Balaban J connectivity index is 2.55. The van der Waals surface area contributed by atoms with Crippen molar-refractivity contribution in [2.24, 2.45) is 0 Å². The predicted octanol–water partition coefficient (Wildman–Crippen LogP) is 2.93. The van der Waals surface area contributed by atoms with Crippen LogP contribution in [0.4, 0.5) is 15.8 Å². The van der Waals surface area contributed by atoms with Crippen molar-refractivity contribution in [3.05, 3.63) is 53.8 Å². The highest BCUT2D eigenvalue weighted by Gasteiger charge is 2.25. The van der Waals surface area contributed by atoms with Crippen molar-refractivity contribution in [2.75, 3.05) is 16.6 Å². The van der Waals surface area contributed by atoms with Gasteiger partial charge in [0.2, 0.25) is 0 Å². The van der Waals surface area contributed by atoms with E-state index >= 15 is 0 Å². The van der Waals surface area contributed by atoms with Gasteiger partial charge in [-0.1, -0.05) is 18.2 Å². The molecule has 0 radical (unpaired) electrons. The molecule has 0 aromatic heterocycles. The zero-order valence-electron chi connectivity index (χ0n) is 11.9. The first-order chi connectivity index (χ1) is 9.87. The van der Waals surface area contributed by atoms with Crippen LogP contribution in [0, 0.1) is 12.7 Å². The van der Waals surface area contributed by atoms with E-state index in [-0.39, 0.29) is 17.1 Å². The van der Waals surface area contributed by atoms with E-state index in [1.54, 1.807) is 19.1 Å². The summed E-state index contributed by atoms with van der Waals surface area (Å²) in [6, 6.07) is 10.6. The molecular weight excluding hydrogens is 291 g/mol. The van der Waals surface area contributed by atoms with Crippen LogP contribution >= 0.6 is 0 Å². The summed E-state index contributed by atoms with van der Waals surface area (Å²) in [5.74, 6) is -0.632. The molecule has 0 unspecified atom stereocenters. The molecule has 0 spiro atoms. The maximum absolute atomic E-state index is 13.2. The summed E-state index contributed by atoms with van der Waals surface area (Å²) in [6.07, 6.45) is 0. The number of aryl methyl sites for hydroxylation is 1. The van der Waals surface area contributed by atoms with Crippen molar-refractivity contribution in [1.82, 2.24) is 0 Å². The van der Waals surface area contributed by atoms with Gasteiger partial charge in [-0.3, -0.25) is 4.31 Å². The number of halogens is 1. The zero-order chi connectivity index (χ0) is 15.6. The predicted molar refractivity (Wildman–Crippen MR) is 82.2 cm³/mol. The van der Waals surface area contributed by atoms with Gasteiger partial charge in [-0.2, -0.15) is 0 Å². The Morgan fingerprint density at radius 1 is 1.19 bits per heavy atom. The minimum atomic E-state index is -3.78. The lowest BCUT2D eigenvalue weighted by molar-refractivity contribution is 0.591. The van der Waals surface area contributed by atoms with E-state index in [9.17, 15) is 12.8 Å². The Labute approximate surface area is 124 Å². The van der Waals surface area contributed by atoms with Crippen molar-refractivity contribution in [3.63, 3.8) is 0 Å². The molecule has 0 saturated heterocycles. The molecule has 2 rings (SSSR count). The molecule has 0 fully saturated rings. The monoisotopic (exact) mass is 308 g/mol. The maximum atomic E-state index is 13.2. The number of nitrogens with zero attached hydrogens (tertiary/aromatic N) is 1. The fourth-order valence-electron chi connectivity index (χ4n) is 2.12. The molecule has 0 bridgehead atoms. The molecule has 21 heavy (non-hydrogen) atoms. The van der Waals surface area contributed by atoms with Crippen LogP contribution in [0.1, 0.15) is 12.5 Å². The second-order valence-electron chi connectivity index (χ2n) is 4.64. The number of para-hydroxylation sites is 1. The summed E-state index contributed by atoms with van der Waals surface area (Å²) in [4.78, 5) is -0.0218. The second kappa shape index (κ2) is 5.73. The molecule has 2 aromatic carbocycles. The highest BCUT2D eigenvalue weighted by atomic mass is 32.2. The van der Waals surface area contributed by atoms with Crippen LogP contribution in [0.25, 0.3) is 0 Å². The molecular formula is C15H17FN2O2S. The number of nitrogen functional groups attached to an aromatic ring is 1. The first-order valence-electron chi connectivity index (χ1n) is 6.51. The summed E-state index contributed by atoms with van der Waals surface area (Å²) in [5.41, 5.74) is 6.73. The molecule has 0 aliphatic heterocycles. The molecule has 0 aliphatic carbocycles. The third kappa shape index (κ3) is 2.85.